The number of Topliss-reactive ketones (excluding diaryl/α,β-unsaturated/α-hetero) is 1. The number of amides is 1. The van der Waals surface area contributed by atoms with Crippen molar-refractivity contribution < 1.29 is 22.4 Å². The number of ketones is 1. The molecule has 1 aliphatic heterocycles. The topological polar surface area (TPSA) is 96.4 Å². The molecule has 10 heteroatoms. The molecule has 2 aliphatic rings. The average Bonchev–Trinajstić information content (AvgIpc) is 3.09. The van der Waals surface area contributed by atoms with Crippen LogP contribution in [-0.2, 0) is 21.2 Å². The number of benzene rings is 1. The first-order valence-electron chi connectivity index (χ1n) is 10.1. The Kier molecular flexibility index (Phi) is 5.74. The number of hydrogen-bond donors (Lipinski definition) is 1. The summed E-state index contributed by atoms with van der Waals surface area (Å²) in [5.41, 5.74) is 0.601. The number of carbonyl (C=O) groups excluding carboxylic acids is 2. The van der Waals surface area contributed by atoms with Gasteiger partial charge in [-0.15, -0.1) is 0 Å². The minimum Gasteiger partial charge on any atom is -0.302 e. The fraction of sp³-hybridized carbons (Fsp3) is 0.476. The fourth-order valence-corrected chi connectivity index (χ4v) is 6.49. The van der Waals surface area contributed by atoms with Crippen LogP contribution in [0.15, 0.2) is 29.2 Å². The Morgan fingerprint density at radius 1 is 1.19 bits per heavy atom. The predicted octanol–water partition coefficient (Wildman–Crippen LogP) is 3.48. The fourth-order valence-electron chi connectivity index (χ4n) is 4.10. The number of rotatable bonds is 4. The number of hydrogen-bond acceptors (Lipinski definition) is 6. The lowest BCUT2D eigenvalue weighted by molar-refractivity contribution is -0.120. The number of nitrogens with one attached hydrogen (secondary N) is 1. The number of aromatic nitrogens is 1. The summed E-state index contributed by atoms with van der Waals surface area (Å²) in [6.45, 7) is 4.47. The van der Waals surface area contributed by atoms with Gasteiger partial charge in [0, 0.05) is 25.4 Å². The molecule has 1 saturated heterocycles. The SMILES string of the molecule is CC1(C)CC(=O)c2sc(NC(=O)C3CCN(S(=O)(=O)c4ccc(F)cc4)CC3)nc2C1. The number of nitrogens with zero attached hydrogens (tertiary/aromatic N) is 2. The van der Waals surface area contributed by atoms with E-state index in [9.17, 15) is 22.4 Å². The van der Waals surface area contributed by atoms with Gasteiger partial charge in [-0.25, -0.2) is 17.8 Å². The van der Waals surface area contributed by atoms with Crippen molar-refractivity contribution in [3.63, 3.8) is 0 Å². The van der Waals surface area contributed by atoms with E-state index >= 15 is 0 Å². The van der Waals surface area contributed by atoms with E-state index in [2.05, 4.69) is 10.3 Å². The van der Waals surface area contributed by atoms with Gasteiger partial charge in [0.15, 0.2) is 10.9 Å². The van der Waals surface area contributed by atoms with Crippen molar-refractivity contribution in [2.45, 2.75) is 44.4 Å². The minimum absolute atomic E-state index is 0.0396. The van der Waals surface area contributed by atoms with Gasteiger partial charge >= 0.3 is 0 Å². The molecular formula is C21H24FN3O4S2. The molecule has 31 heavy (non-hydrogen) atoms. The summed E-state index contributed by atoms with van der Waals surface area (Å²) in [5, 5.41) is 3.23. The first kappa shape index (κ1) is 22.0. The molecule has 7 nitrogen and oxygen atoms in total. The van der Waals surface area contributed by atoms with Gasteiger partial charge in [0.2, 0.25) is 15.9 Å². The summed E-state index contributed by atoms with van der Waals surface area (Å²) >= 11 is 1.21. The molecule has 2 aromatic rings. The Morgan fingerprint density at radius 3 is 2.48 bits per heavy atom. The summed E-state index contributed by atoms with van der Waals surface area (Å²) in [7, 11) is -3.72. The first-order valence-corrected chi connectivity index (χ1v) is 12.4. The van der Waals surface area contributed by atoms with Crippen LogP contribution in [0, 0.1) is 17.2 Å². The second-order valence-corrected chi connectivity index (χ2v) is 11.8. The zero-order chi connectivity index (χ0) is 22.4. The lowest BCUT2D eigenvalue weighted by Crippen LogP contribution is -2.41. The lowest BCUT2D eigenvalue weighted by atomic mass is 9.78. The van der Waals surface area contributed by atoms with Crippen LogP contribution < -0.4 is 5.32 Å². The van der Waals surface area contributed by atoms with Gasteiger partial charge in [-0.3, -0.25) is 9.59 Å². The van der Waals surface area contributed by atoms with Crippen LogP contribution in [-0.4, -0.2) is 42.5 Å². The van der Waals surface area contributed by atoms with E-state index in [1.807, 2.05) is 13.8 Å². The molecule has 1 aromatic heterocycles. The van der Waals surface area contributed by atoms with Crippen LogP contribution in [0.5, 0.6) is 0 Å². The van der Waals surface area contributed by atoms with Gasteiger partial charge in [-0.2, -0.15) is 4.31 Å². The van der Waals surface area contributed by atoms with E-state index in [1.54, 1.807) is 0 Å². The normalized spacial score (nSPS) is 19.8. The van der Waals surface area contributed by atoms with E-state index in [0.717, 1.165) is 17.8 Å². The highest BCUT2D eigenvalue weighted by atomic mass is 32.2. The number of fused-ring (bicyclic) bond motifs is 1. The van der Waals surface area contributed by atoms with E-state index in [-0.39, 0.29) is 41.0 Å². The molecule has 1 amide bonds. The van der Waals surface area contributed by atoms with Crippen molar-refractivity contribution >= 4 is 38.2 Å². The van der Waals surface area contributed by atoms with Crippen LogP contribution in [0.1, 0.15) is 48.5 Å². The van der Waals surface area contributed by atoms with Crippen molar-refractivity contribution in [3.8, 4) is 0 Å². The van der Waals surface area contributed by atoms with Crippen molar-refractivity contribution in [2.24, 2.45) is 11.3 Å². The molecule has 1 fully saturated rings. The molecule has 0 unspecified atom stereocenters. The van der Waals surface area contributed by atoms with Gasteiger partial charge in [-0.05, 0) is 48.9 Å². The average molecular weight is 466 g/mol. The maximum atomic E-state index is 13.1. The third-order valence-corrected chi connectivity index (χ3v) is 8.71. The van der Waals surface area contributed by atoms with Crippen LogP contribution in [0.3, 0.4) is 0 Å². The molecule has 0 spiro atoms. The molecule has 0 bridgehead atoms. The zero-order valence-electron chi connectivity index (χ0n) is 17.4. The van der Waals surface area contributed by atoms with Gasteiger partial charge in [0.05, 0.1) is 15.5 Å². The second kappa shape index (κ2) is 8.07. The maximum Gasteiger partial charge on any atom is 0.243 e. The van der Waals surface area contributed by atoms with Crippen LogP contribution in [0.4, 0.5) is 9.52 Å². The molecule has 4 rings (SSSR count). The van der Waals surface area contributed by atoms with Crippen LogP contribution in [0.25, 0.3) is 0 Å². The quantitative estimate of drug-likeness (QED) is 0.746. The highest BCUT2D eigenvalue weighted by Gasteiger charge is 2.35. The molecule has 2 heterocycles. The number of piperidine rings is 1. The summed E-state index contributed by atoms with van der Waals surface area (Å²) in [5.74, 6) is -0.989. The number of halogens is 1. The summed E-state index contributed by atoms with van der Waals surface area (Å²) in [6, 6.07) is 4.73. The minimum atomic E-state index is -3.72. The first-order chi connectivity index (χ1) is 14.5. The van der Waals surface area contributed by atoms with E-state index < -0.39 is 15.8 Å². The Bertz CT molecular complexity index is 1120. The zero-order valence-corrected chi connectivity index (χ0v) is 19.0. The Labute approximate surface area is 184 Å². The largest absolute Gasteiger partial charge is 0.302 e. The highest BCUT2D eigenvalue weighted by molar-refractivity contribution is 7.89. The van der Waals surface area contributed by atoms with Crippen molar-refractivity contribution in [1.29, 1.82) is 0 Å². The number of carbonyl (C=O) groups is 2. The predicted molar refractivity (Wildman–Crippen MR) is 115 cm³/mol. The molecule has 1 aliphatic carbocycles. The summed E-state index contributed by atoms with van der Waals surface area (Å²) in [4.78, 5) is 30.2. The Morgan fingerprint density at radius 2 is 1.84 bits per heavy atom. The molecule has 1 aromatic carbocycles. The molecule has 0 saturated carbocycles. The van der Waals surface area contributed by atoms with Crippen LogP contribution in [0.2, 0.25) is 0 Å². The summed E-state index contributed by atoms with van der Waals surface area (Å²) < 4.78 is 39.9. The van der Waals surface area contributed by atoms with Crippen molar-refractivity contribution in [2.75, 3.05) is 18.4 Å². The molecular weight excluding hydrogens is 441 g/mol. The van der Waals surface area contributed by atoms with Gasteiger partial charge in [-0.1, -0.05) is 25.2 Å². The smallest absolute Gasteiger partial charge is 0.243 e. The van der Waals surface area contributed by atoms with E-state index in [1.165, 1.54) is 27.8 Å². The van der Waals surface area contributed by atoms with Crippen LogP contribution >= 0.6 is 11.3 Å². The summed E-state index contributed by atoms with van der Waals surface area (Å²) in [6.07, 6.45) is 1.92. The highest BCUT2D eigenvalue weighted by Crippen LogP contribution is 2.38. The monoisotopic (exact) mass is 465 g/mol. The third kappa shape index (κ3) is 4.56. The molecule has 0 radical (unpaired) electrons. The van der Waals surface area contributed by atoms with Crippen molar-refractivity contribution in [3.05, 3.63) is 40.7 Å². The van der Waals surface area contributed by atoms with E-state index in [4.69, 9.17) is 0 Å². The van der Waals surface area contributed by atoms with Gasteiger partial charge in [0.25, 0.3) is 0 Å². The molecule has 1 N–H and O–H groups in total. The van der Waals surface area contributed by atoms with E-state index in [0.29, 0.717) is 35.7 Å². The molecule has 166 valence electrons. The standard InChI is InChI=1S/C21H24FN3O4S2/c1-21(2)11-16-18(17(26)12-21)30-20(23-16)24-19(27)13-7-9-25(10-8-13)31(28,29)15-5-3-14(22)4-6-15/h3-6,13H,7-12H2,1-2H3,(H,23,24,27). The van der Waals surface area contributed by atoms with Gasteiger partial charge < -0.3 is 5.32 Å². The molecule has 0 atom stereocenters. The lowest BCUT2D eigenvalue weighted by Gasteiger charge is -2.30. The second-order valence-electron chi connectivity index (χ2n) is 8.86. The van der Waals surface area contributed by atoms with Crippen molar-refractivity contribution in [1.82, 2.24) is 9.29 Å². The number of thiazole rings is 1. The number of sulfonamides is 1. The van der Waals surface area contributed by atoms with Gasteiger partial charge in [0.1, 0.15) is 5.82 Å². The Hall–Kier alpha value is -2.17. The maximum absolute atomic E-state index is 13.1. The Balaban J connectivity index is 1.38. The third-order valence-electron chi connectivity index (χ3n) is 5.74. The number of anilines is 1.